The molecule has 10 nitrogen and oxygen atoms in total. The molecule has 0 aromatic carbocycles. The van der Waals surface area contributed by atoms with E-state index in [1.807, 2.05) is 0 Å². The van der Waals surface area contributed by atoms with E-state index in [1.54, 1.807) is 7.05 Å². The van der Waals surface area contributed by atoms with Gasteiger partial charge in [0.2, 0.25) is 0 Å². The predicted molar refractivity (Wildman–Crippen MR) is 108 cm³/mol. The summed E-state index contributed by atoms with van der Waals surface area (Å²) in [5, 5.41) is 10.2. The van der Waals surface area contributed by atoms with Crippen molar-refractivity contribution in [3.63, 3.8) is 0 Å². The zero-order valence-electron chi connectivity index (χ0n) is 17.0. The quantitative estimate of drug-likeness (QED) is 0.705. The molecule has 2 N–H and O–H groups in total. The summed E-state index contributed by atoms with van der Waals surface area (Å²) in [6.07, 6.45) is 4.88. The molecule has 2 fully saturated rings. The highest BCUT2D eigenvalue weighted by molar-refractivity contribution is 7.15. The minimum atomic E-state index is -0.383. The van der Waals surface area contributed by atoms with Gasteiger partial charge in [0.1, 0.15) is 0 Å². The largest absolute Gasteiger partial charge is 0.469 e. The summed E-state index contributed by atoms with van der Waals surface area (Å²) < 4.78 is 10.7. The molecule has 11 heteroatoms. The number of carbonyl (C=O) groups is 2. The number of amides is 2. The van der Waals surface area contributed by atoms with E-state index in [1.165, 1.54) is 18.4 Å². The van der Waals surface area contributed by atoms with Crippen molar-refractivity contribution in [3.05, 3.63) is 16.4 Å². The van der Waals surface area contributed by atoms with Crippen molar-refractivity contribution in [1.29, 1.82) is 0 Å². The summed E-state index contributed by atoms with van der Waals surface area (Å²) in [4.78, 5) is 36.2. The maximum absolute atomic E-state index is 12.3. The lowest BCUT2D eigenvalue weighted by atomic mass is 9.81. The molecule has 0 unspecified atom stereocenters. The minimum Gasteiger partial charge on any atom is -0.469 e. The van der Waals surface area contributed by atoms with Crippen LogP contribution >= 0.6 is 11.3 Å². The number of thiazole rings is 1. The number of hydrogen-bond donors (Lipinski definition) is 2. The van der Waals surface area contributed by atoms with Gasteiger partial charge in [0.15, 0.2) is 11.0 Å². The molecule has 2 bridgehead atoms. The number of ether oxygens (including phenoxy) is 1. The van der Waals surface area contributed by atoms with Gasteiger partial charge >= 0.3 is 18.0 Å². The first-order valence-electron chi connectivity index (χ1n) is 10.1. The Morgan fingerprint density at radius 1 is 1.23 bits per heavy atom. The zero-order valence-corrected chi connectivity index (χ0v) is 17.8. The molecule has 0 spiro atoms. The van der Waals surface area contributed by atoms with E-state index in [2.05, 4.69) is 25.7 Å². The number of aromatic nitrogens is 3. The van der Waals surface area contributed by atoms with Crippen molar-refractivity contribution in [3.8, 4) is 0 Å². The Morgan fingerprint density at radius 3 is 2.77 bits per heavy atom. The number of rotatable bonds is 4. The summed E-state index contributed by atoms with van der Waals surface area (Å²) in [6.45, 7) is 1.33. The number of nitrogens with one attached hydrogen (secondary N) is 2. The van der Waals surface area contributed by atoms with Gasteiger partial charge in [-0.15, -0.1) is 0 Å². The third-order valence-electron chi connectivity index (χ3n) is 6.80. The van der Waals surface area contributed by atoms with Crippen LogP contribution in [0.15, 0.2) is 4.52 Å². The molecule has 2 aromatic rings. The van der Waals surface area contributed by atoms with Crippen molar-refractivity contribution in [1.82, 2.24) is 20.4 Å². The fourth-order valence-corrected chi connectivity index (χ4v) is 6.15. The number of carbonyl (C=O) groups excluding carboxylic acids is 2. The molecule has 2 saturated carbocycles. The van der Waals surface area contributed by atoms with E-state index < -0.39 is 0 Å². The third kappa shape index (κ3) is 2.94. The average Bonchev–Trinajstić information content (AvgIpc) is 3.54. The Morgan fingerprint density at radius 2 is 2.03 bits per heavy atom. The van der Waals surface area contributed by atoms with Gasteiger partial charge in [0, 0.05) is 30.3 Å². The van der Waals surface area contributed by atoms with Gasteiger partial charge in [-0.05, 0) is 32.1 Å². The second kappa shape index (κ2) is 6.93. The monoisotopic (exact) mass is 432 g/mol. The zero-order chi connectivity index (χ0) is 20.9. The minimum absolute atomic E-state index is 0.111. The smallest absolute Gasteiger partial charge is 0.324 e. The highest BCUT2D eigenvalue weighted by Gasteiger charge is 2.61. The van der Waals surface area contributed by atoms with E-state index >= 15 is 0 Å². The summed E-state index contributed by atoms with van der Waals surface area (Å²) in [5.74, 6) is 0.596. The standard InChI is InChI=1S/C19H24N6O4S/c1-20-15(27)23-16-21-11-3-8-25(9-12(11)30-16)17-22-13(24-29-17)18-4-6-19(10-18,7-5-18)14(26)28-2/h3-10H2,1-2H3,(H2,20,21,23,27). The summed E-state index contributed by atoms with van der Waals surface area (Å²) >= 11 is 1.46. The second-order valence-electron chi connectivity index (χ2n) is 8.39. The van der Waals surface area contributed by atoms with Crippen molar-refractivity contribution < 1.29 is 18.8 Å². The van der Waals surface area contributed by atoms with Crippen LogP contribution in [0, 0.1) is 5.41 Å². The van der Waals surface area contributed by atoms with Crippen LogP contribution < -0.4 is 15.5 Å². The number of urea groups is 1. The van der Waals surface area contributed by atoms with Gasteiger partial charge in [-0.1, -0.05) is 16.5 Å². The van der Waals surface area contributed by atoms with Crippen molar-refractivity contribution in [2.75, 3.05) is 30.9 Å². The summed E-state index contributed by atoms with van der Waals surface area (Å²) in [5.41, 5.74) is 0.425. The molecule has 3 heterocycles. The SMILES string of the molecule is CNC(=O)Nc1nc2c(s1)CN(c1nc(C34CCC(C(=O)OC)(CC3)C4)no1)CC2. The van der Waals surface area contributed by atoms with Gasteiger partial charge in [0.25, 0.3) is 0 Å². The van der Waals surface area contributed by atoms with Gasteiger partial charge in [-0.25, -0.2) is 9.78 Å². The van der Waals surface area contributed by atoms with Gasteiger partial charge in [0.05, 0.1) is 24.8 Å². The Kier molecular flexibility index (Phi) is 4.46. The first-order chi connectivity index (χ1) is 14.5. The number of fused-ring (bicyclic) bond motifs is 3. The molecule has 0 radical (unpaired) electrons. The number of esters is 1. The molecular weight excluding hydrogens is 408 g/mol. The van der Waals surface area contributed by atoms with Crippen LogP contribution in [0.25, 0.3) is 0 Å². The van der Waals surface area contributed by atoms with Gasteiger partial charge in [-0.2, -0.15) is 4.98 Å². The fraction of sp³-hybridized carbons (Fsp3) is 0.632. The Hall–Kier alpha value is -2.69. The molecule has 2 aromatic heterocycles. The molecule has 5 rings (SSSR count). The Labute approximate surface area is 177 Å². The number of hydrogen-bond acceptors (Lipinski definition) is 9. The number of methoxy groups -OCH3 is 1. The highest BCUT2D eigenvalue weighted by Crippen LogP contribution is 2.62. The van der Waals surface area contributed by atoms with Crippen LogP contribution in [0.5, 0.6) is 0 Å². The predicted octanol–water partition coefficient (Wildman–Crippen LogP) is 2.21. The lowest BCUT2D eigenvalue weighted by Gasteiger charge is -2.24. The third-order valence-corrected chi connectivity index (χ3v) is 7.80. The van der Waals surface area contributed by atoms with Crippen LogP contribution in [-0.4, -0.2) is 47.8 Å². The molecule has 3 aliphatic rings. The summed E-state index contributed by atoms with van der Waals surface area (Å²) in [6, 6.07) is 0.219. The van der Waals surface area contributed by atoms with Crippen molar-refractivity contribution in [2.24, 2.45) is 5.41 Å². The first-order valence-corrected chi connectivity index (χ1v) is 10.9. The van der Waals surface area contributed by atoms with Crippen LogP contribution in [-0.2, 0) is 27.9 Å². The van der Waals surface area contributed by atoms with Crippen LogP contribution in [0.4, 0.5) is 15.9 Å². The van der Waals surface area contributed by atoms with E-state index in [4.69, 9.17) is 14.2 Å². The second-order valence-corrected chi connectivity index (χ2v) is 9.48. The Balaban J connectivity index is 1.32. The van der Waals surface area contributed by atoms with Crippen LogP contribution in [0.3, 0.4) is 0 Å². The van der Waals surface area contributed by atoms with E-state index in [-0.39, 0.29) is 22.8 Å². The highest BCUT2D eigenvalue weighted by atomic mass is 32.1. The Bertz CT molecular complexity index is 993. The molecule has 0 atom stereocenters. The molecule has 1 aliphatic heterocycles. The molecule has 0 saturated heterocycles. The molecule has 30 heavy (non-hydrogen) atoms. The van der Waals surface area contributed by atoms with Gasteiger partial charge < -0.3 is 19.5 Å². The normalized spacial score (nSPS) is 27.1. The average molecular weight is 433 g/mol. The number of nitrogens with zero attached hydrogens (tertiary/aromatic N) is 4. The maximum Gasteiger partial charge on any atom is 0.324 e. The maximum atomic E-state index is 12.3. The summed E-state index contributed by atoms with van der Waals surface area (Å²) in [7, 11) is 3.03. The van der Waals surface area contributed by atoms with E-state index in [0.717, 1.165) is 55.6 Å². The molecule has 2 amide bonds. The topological polar surface area (TPSA) is 122 Å². The molecular formula is C19H24N6O4S. The number of anilines is 2. The molecule has 2 aliphatic carbocycles. The lowest BCUT2D eigenvalue weighted by Crippen LogP contribution is -2.30. The lowest BCUT2D eigenvalue weighted by molar-refractivity contribution is -0.152. The fourth-order valence-electron chi connectivity index (χ4n) is 5.14. The van der Waals surface area contributed by atoms with E-state index in [0.29, 0.717) is 23.5 Å². The van der Waals surface area contributed by atoms with Gasteiger partial charge in [-0.3, -0.25) is 10.1 Å². The van der Waals surface area contributed by atoms with Crippen molar-refractivity contribution >= 4 is 34.5 Å². The van der Waals surface area contributed by atoms with Crippen molar-refractivity contribution in [2.45, 2.75) is 50.5 Å². The van der Waals surface area contributed by atoms with Crippen LogP contribution in [0.2, 0.25) is 0 Å². The van der Waals surface area contributed by atoms with E-state index in [9.17, 15) is 9.59 Å². The van der Waals surface area contributed by atoms with Crippen LogP contribution in [0.1, 0.15) is 48.5 Å². The first kappa shape index (κ1) is 19.3. The molecule has 160 valence electrons.